The van der Waals surface area contributed by atoms with Gasteiger partial charge in [-0.3, -0.25) is 9.59 Å². The zero-order valence-corrected chi connectivity index (χ0v) is 17.8. The zero-order valence-electron chi connectivity index (χ0n) is 17.0. The van der Waals surface area contributed by atoms with Gasteiger partial charge in [-0.25, -0.2) is 0 Å². The second kappa shape index (κ2) is 8.80. The Hall–Kier alpha value is -1.63. The summed E-state index contributed by atoms with van der Waals surface area (Å²) >= 11 is 0. The maximum Gasteiger partial charge on any atom is 0.240 e. The van der Waals surface area contributed by atoms with Crippen LogP contribution in [0.2, 0.25) is 0 Å². The van der Waals surface area contributed by atoms with Crippen molar-refractivity contribution in [2.45, 2.75) is 64.8 Å². The largest absolute Gasteiger partial charge is 0.378 e. The van der Waals surface area contributed by atoms with E-state index in [1.807, 2.05) is 37.8 Å². The van der Waals surface area contributed by atoms with E-state index in [4.69, 9.17) is 10.5 Å². The maximum absolute atomic E-state index is 12.6. The van der Waals surface area contributed by atoms with Gasteiger partial charge in [0.2, 0.25) is 11.8 Å². The Balaban J connectivity index is 0.00000280. The third kappa shape index (κ3) is 4.04. The van der Waals surface area contributed by atoms with Crippen molar-refractivity contribution in [2.75, 3.05) is 13.2 Å². The first kappa shape index (κ1) is 22.7. The van der Waals surface area contributed by atoms with Crippen LogP contribution in [0.15, 0.2) is 24.3 Å². The first-order chi connectivity index (χ1) is 12.8. The molecule has 1 aromatic carbocycles. The van der Waals surface area contributed by atoms with E-state index < -0.39 is 11.0 Å². The Morgan fingerprint density at radius 2 is 1.86 bits per heavy atom. The van der Waals surface area contributed by atoms with Gasteiger partial charge in [0.1, 0.15) is 5.54 Å². The van der Waals surface area contributed by atoms with E-state index in [1.54, 1.807) is 0 Å². The fourth-order valence-electron chi connectivity index (χ4n) is 4.09. The maximum atomic E-state index is 12.6. The van der Waals surface area contributed by atoms with Crippen LogP contribution in [0.4, 0.5) is 0 Å². The molecule has 2 atom stereocenters. The van der Waals surface area contributed by atoms with Crippen molar-refractivity contribution in [1.82, 2.24) is 10.2 Å². The second-order valence-electron chi connectivity index (χ2n) is 8.22. The smallest absolute Gasteiger partial charge is 0.240 e. The first-order valence-electron chi connectivity index (χ1n) is 9.83. The number of carbonyl (C=O) groups is 2. The molecule has 6 nitrogen and oxygen atoms in total. The minimum absolute atomic E-state index is 0. The summed E-state index contributed by atoms with van der Waals surface area (Å²) in [5, 5.41) is 2.92. The molecule has 1 fully saturated rings. The highest BCUT2D eigenvalue weighted by Crippen LogP contribution is 2.49. The van der Waals surface area contributed by atoms with E-state index >= 15 is 0 Å². The number of ether oxygens (including phenoxy) is 1. The number of nitrogens with one attached hydrogen (secondary N) is 1. The summed E-state index contributed by atoms with van der Waals surface area (Å²) in [5.41, 5.74) is 7.50. The van der Waals surface area contributed by atoms with Gasteiger partial charge < -0.3 is 20.7 Å². The number of fused-ring (bicyclic) bond motifs is 1. The molecule has 1 saturated carbocycles. The van der Waals surface area contributed by atoms with Crippen molar-refractivity contribution in [2.24, 2.45) is 11.1 Å². The van der Waals surface area contributed by atoms with Gasteiger partial charge >= 0.3 is 0 Å². The molecule has 1 aliphatic heterocycles. The third-order valence-corrected chi connectivity index (χ3v) is 6.28. The normalized spacial score (nSPS) is 24.7. The van der Waals surface area contributed by atoms with E-state index in [1.165, 1.54) is 11.1 Å². The number of amides is 2. The molecule has 1 aliphatic carbocycles. The van der Waals surface area contributed by atoms with Gasteiger partial charge in [-0.1, -0.05) is 38.1 Å². The van der Waals surface area contributed by atoms with Crippen LogP contribution in [0.25, 0.3) is 0 Å². The summed E-state index contributed by atoms with van der Waals surface area (Å²) in [6.07, 6.45) is 1.58. The molecule has 3 N–H and O–H groups in total. The monoisotopic (exact) mass is 409 g/mol. The van der Waals surface area contributed by atoms with E-state index in [2.05, 4.69) is 17.4 Å². The Morgan fingerprint density at radius 3 is 2.39 bits per heavy atom. The average Bonchev–Trinajstić information content (AvgIpc) is 3.08. The summed E-state index contributed by atoms with van der Waals surface area (Å²) in [6.45, 7) is 8.34. The topological polar surface area (TPSA) is 84.7 Å². The summed E-state index contributed by atoms with van der Waals surface area (Å²) in [6, 6.07) is 8.14. The van der Waals surface area contributed by atoms with Gasteiger partial charge in [0.15, 0.2) is 0 Å². The molecule has 0 radical (unpaired) electrons. The van der Waals surface area contributed by atoms with Gasteiger partial charge in [0, 0.05) is 44.5 Å². The minimum Gasteiger partial charge on any atom is -0.378 e. The van der Waals surface area contributed by atoms with Crippen molar-refractivity contribution < 1.29 is 14.3 Å². The van der Waals surface area contributed by atoms with Crippen molar-refractivity contribution >= 4 is 24.2 Å². The molecule has 7 heteroatoms. The number of nitrogens with two attached hydrogens (primary N) is 1. The SMILES string of the molecule is CCOC1CC(N)(C(=O)NCCCC(=O)N2Cc3ccccc3C2)C1(C)C.Cl. The number of halogens is 1. The van der Waals surface area contributed by atoms with Gasteiger partial charge in [0.05, 0.1) is 6.10 Å². The molecule has 3 rings (SSSR count). The van der Waals surface area contributed by atoms with Crippen LogP contribution in [-0.4, -0.2) is 41.5 Å². The molecule has 2 aliphatic rings. The molecule has 156 valence electrons. The van der Waals surface area contributed by atoms with Crippen LogP contribution in [-0.2, 0) is 27.4 Å². The van der Waals surface area contributed by atoms with Crippen LogP contribution in [0, 0.1) is 5.41 Å². The molecule has 1 aromatic rings. The van der Waals surface area contributed by atoms with Crippen LogP contribution in [0.1, 0.15) is 51.2 Å². The van der Waals surface area contributed by atoms with E-state index in [0.717, 1.165) is 0 Å². The summed E-state index contributed by atoms with van der Waals surface area (Å²) < 4.78 is 5.67. The Bertz CT molecular complexity index is 700. The van der Waals surface area contributed by atoms with Crippen molar-refractivity contribution in [3.63, 3.8) is 0 Å². The predicted molar refractivity (Wildman–Crippen MR) is 111 cm³/mol. The first-order valence-corrected chi connectivity index (χ1v) is 9.83. The lowest BCUT2D eigenvalue weighted by molar-refractivity contribution is -0.170. The minimum atomic E-state index is -0.909. The van der Waals surface area contributed by atoms with Crippen LogP contribution < -0.4 is 11.1 Å². The summed E-state index contributed by atoms with van der Waals surface area (Å²) in [7, 11) is 0. The highest BCUT2D eigenvalue weighted by atomic mass is 35.5. The second-order valence-corrected chi connectivity index (χ2v) is 8.22. The van der Waals surface area contributed by atoms with Crippen LogP contribution >= 0.6 is 12.4 Å². The van der Waals surface area contributed by atoms with Crippen LogP contribution in [0.5, 0.6) is 0 Å². The summed E-state index contributed by atoms with van der Waals surface area (Å²) in [5.74, 6) is -0.0206. The van der Waals surface area contributed by atoms with E-state index in [9.17, 15) is 9.59 Å². The fourth-order valence-corrected chi connectivity index (χ4v) is 4.09. The number of nitrogens with zero attached hydrogens (tertiary/aromatic N) is 1. The zero-order chi connectivity index (χ0) is 19.7. The standard InChI is InChI=1S/C21H31N3O3.ClH/c1-4-27-17-12-21(22,20(17,2)3)19(26)23-11-7-10-18(25)24-13-15-8-5-6-9-16(15)14-24;/h5-6,8-9,17H,4,7,10-14,22H2,1-3H3,(H,23,26);1H. The van der Waals surface area contributed by atoms with Crippen molar-refractivity contribution in [3.8, 4) is 0 Å². The molecule has 28 heavy (non-hydrogen) atoms. The number of hydrogen-bond donors (Lipinski definition) is 2. The van der Waals surface area contributed by atoms with Gasteiger partial charge in [-0.2, -0.15) is 0 Å². The van der Waals surface area contributed by atoms with Gasteiger partial charge in [-0.15, -0.1) is 12.4 Å². The quantitative estimate of drug-likeness (QED) is 0.677. The molecule has 0 aromatic heterocycles. The molecule has 1 heterocycles. The molecular weight excluding hydrogens is 378 g/mol. The number of rotatable bonds is 7. The highest BCUT2D eigenvalue weighted by Gasteiger charge is 2.62. The number of carbonyl (C=O) groups excluding carboxylic acids is 2. The molecule has 2 amide bonds. The third-order valence-electron chi connectivity index (χ3n) is 6.28. The van der Waals surface area contributed by atoms with Crippen molar-refractivity contribution in [3.05, 3.63) is 35.4 Å². The number of hydrogen-bond acceptors (Lipinski definition) is 4. The highest BCUT2D eigenvalue weighted by molar-refractivity contribution is 5.88. The molecule has 0 saturated heterocycles. The van der Waals surface area contributed by atoms with E-state index in [0.29, 0.717) is 45.5 Å². The average molecular weight is 410 g/mol. The Labute approximate surface area is 173 Å². The van der Waals surface area contributed by atoms with Gasteiger partial charge in [-0.05, 0) is 24.5 Å². The fraction of sp³-hybridized carbons (Fsp3) is 0.619. The number of benzene rings is 1. The molecule has 0 spiro atoms. The lowest BCUT2D eigenvalue weighted by atomic mass is 9.54. The van der Waals surface area contributed by atoms with Crippen LogP contribution in [0.3, 0.4) is 0 Å². The Morgan fingerprint density at radius 1 is 1.25 bits per heavy atom. The predicted octanol–water partition coefficient (Wildman–Crippen LogP) is 2.38. The molecule has 2 unspecified atom stereocenters. The van der Waals surface area contributed by atoms with Crippen molar-refractivity contribution in [1.29, 1.82) is 0 Å². The lowest BCUT2D eigenvalue weighted by Gasteiger charge is -2.57. The molecular formula is C21H32ClN3O3. The van der Waals surface area contributed by atoms with E-state index in [-0.39, 0.29) is 30.3 Å². The lowest BCUT2D eigenvalue weighted by Crippen LogP contribution is -2.75. The summed E-state index contributed by atoms with van der Waals surface area (Å²) in [4.78, 5) is 26.9. The van der Waals surface area contributed by atoms with Gasteiger partial charge in [0.25, 0.3) is 0 Å². The molecule has 0 bridgehead atoms. The Kier molecular flexibility index (Phi) is 7.12.